The minimum Gasteiger partial charge on any atom is -0.321 e. The number of halogens is 2. The molecule has 4 nitrogen and oxygen atoms in total. The van der Waals surface area contributed by atoms with Gasteiger partial charge in [0.2, 0.25) is 5.91 Å². The van der Waals surface area contributed by atoms with E-state index < -0.39 is 0 Å². The molecule has 1 rings (SSSR count). The monoisotopic (exact) mass is 237 g/mol. The van der Waals surface area contributed by atoms with Crippen LogP contribution in [0.4, 0.5) is 5.69 Å². The third-order valence-corrected chi connectivity index (χ3v) is 1.84. The van der Waals surface area contributed by atoms with Gasteiger partial charge in [0.15, 0.2) is 0 Å². The molecule has 60 valence electrons. The molecular weight excluding hydrogens is 233 g/mol. The first-order chi connectivity index (χ1) is 5.24. The second kappa shape index (κ2) is 3.73. The van der Waals surface area contributed by atoms with Gasteiger partial charge in [0, 0.05) is 0 Å². The van der Waals surface area contributed by atoms with E-state index in [1.807, 2.05) is 0 Å². The second-order valence-electron chi connectivity index (χ2n) is 1.78. The highest BCUT2D eigenvalue weighted by Crippen LogP contribution is 2.17. The van der Waals surface area contributed by atoms with Crippen molar-refractivity contribution in [3.8, 4) is 0 Å². The third-order valence-electron chi connectivity index (χ3n) is 0.988. The van der Waals surface area contributed by atoms with Crippen molar-refractivity contribution in [2.45, 2.75) is 0 Å². The van der Waals surface area contributed by atoms with Crippen molar-refractivity contribution in [2.75, 3.05) is 11.2 Å². The SMILES string of the molecule is O=C(CCl)Nc1cn[nH]c1Br. The number of nitrogens with zero attached hydrogens (tertiary/aromatic N) is 1. The predicted octanol–water partition coefficient (Wildman–Crippen LogP) is 1.35. The number of carbonyl (C=O) groups is 1. The molecule has 1 aromatic heterocycles. The van der Waals surface area contributed by atoms with Crippen molar-refractivity contribution in [3.05, 3.63) is 10.8 Å². The number of nitrogens with one attached hydrogen (secondary N) is 2. The Morgan fingerprint density at radius 1 is 1.91 bits per heavy atom. The summed E-state index contributed by atoms with van der Waals surface area (Å²) < 4.78 is 0.635. The van der Waals surface area contributed by atoms with Gasteiger partial charge in [-0.2, -0.15) is 5.10 Å². The summed E-state index contributed by atoms with van der Waals surface area (Å²) in [6.07, 6.45) is 1.49. The van der Waals surface area contributed by atoms with Crippen LogP contribution in [0.25, 0.3) is 0 Å². The molecular formula is C5H5BrClN3O. The van der Waals surface area contributed by atoms with Gasteiger partial charge < -0.3 is 5.32 Å². The van der Waals surface area contributed by atoms with Crippen LogP contribution < -0.4 is 5.32 Å². The maximum absolute atomic E-state index is 10.7. The lowest BCUT2D eigenvalue weighted by atomic mass is 10.5. The number of hydrogen-bond donors (Lipinski definition) is 2. The molecule has 0 aliphatic heterocycles. The zero-order valence-electron chi connectivity index (χ0n) is 5.40. The van der Waals surface area contributed by atoms with Crippen LogP contribution in [0.5, 0.6) is 0 Å². The number of aromatic amines is 1. The van der Waals surface area contributed by atoms with Crippen molar-refractivity contribution in [1.29, 1.82) is 0 Å². The van der Waals surface area contributed by atoms with E-state index in [1.54, 1.807) is 0 Å². The highest BCUT2D eigenvalue weighted by Gasteiger charge is 2.04. The summed E-state index contributed by atoms with van der Waals surface area (Å²) in [5, 5.41) is 8.81. The standard InChI is InChI=1S/C5H5BrClN3O/c6-5-3(2-8-10-5)9-4(11)1-7/h2H,1H2,(H,8,10)(H,9,11). The maximum atomic E-state index is 10.7. The summed E-state index contributed by atoms with van der Waals surface area (Å²) in [6, 6.07) is 0. The van der Waals surface area contributed by atoms with Crippen LogP contribution in [-0.4, -0.2) is 22.0 Å². The van der Waals surface area contributed by atoms with Crippen molar-refractivity contribution >= 4 is 39.1 Å². The molecule has 1 amide bonds. The van der Waals surface area contributed by atoms with E-state index in [4.69, 9.17) is 11.6 Å². The van der Waals surface area contributed by atoms with E-state index in [0.717, 1.165) is 0 Å². The maximum Gasteiger partial charge on any atom is 0.239 e. The lowest BCUT2D eigenvalue weighted by Gasteiger charge is -1.97. The van der Waals surface area contributed by atoms with E-state index in [-0.39, 0.29) is 11.8 Å². The number of anilines is 1. The molecule has 1 heterocycles. The quantitative estimate of drug-likeness (QED) is 0.764. The highest BCUT2D eigenvalue weighted by molar-refractivity contribution is 9.10. The number of carbonyl (C=O) groups excluding carboxylic acids is 1. The average molecular weight is 238 g/mol. The molecule has 0 aliphatic carbocycles. The Labute approximate surface area is 76.4 Å². The smallest absolute Gasteiger partial charge is 0.239 e. The molecule has 0 aromatic carbocycles. The Balaban J connectivity index is 2.64. The Morgan fingerprint density at radius 3 is 3.09 bits per heavy atom. The fraction of sp³-hybridized carbons (Fsp3) is 0.200. The first-order valence-electron chi connectivity index (χ1n) is 2.78. The highest BCUT2D eigenvalue weighted by atomic mass is 79.9. The van der Waals surface area contributed by atoms with E-state index in [2.05, 4.69) is 31.4 Å². The van der Waals surface area contributed by atoms with Crippen LogP contribution in [0.15, 0.2) is 10.8 Å². The summed E-state index contributed by atoms with van der Waals surface area (Å²) in [5.74, 6) is -0.314. The summed E-state index contributed by atoms with van der Waals surface area (Å²) in [5.41, 5.74) is 0.593. The van der Waals surface area contributed by atoms with E-state index in [1.165, 1.54) is 6.20 Å². The second-order valence-corrected chi connectivity index (χ2v) is 2.84. The Kier molecular flexibility index (Phi) is 2.90. The van der Waals surface area contributed by atoms with Crippen LogP contribution in [0.1, 0.15) is 0 Å². The number of H-pyrrole nitrogens is 1. The molecule has 0 saturated carbocycles. The minimum absolute atomic E-state index is 0.0579. The molecule has 0 atom stereocenters. The van der Waals surface area contributed by atoms with E-state index >= 15 is 0 Å². The van der Waals surface area contributed by atoms with Crippen LogP contribution >= 0.6 is 27.5 Å². The molecule has 0 aliphatic rings. The summed E-state index contributed by atoms with van der Waals surface area (Å²) in [6.45, 7) is 0. The van der Waals surface area contributed by atoms with Crippen LogP contribution in [0.3, 0.4) is 0 Å². The molecule has 0 radical (unpaired) electrons. The summed E-state index contributed by atoms with van der Waals surface area (Å²) in [7, 11) is 0. The third kappa shape index (κ3) is 2.20. The van der Waals surface area contributed by atoms with Crippen molar-refractivity contribution in [1.82, 2.24) is 10.2 Å². The molecule has 1 aromatic rings. The first kappa shape index (κ1) is 8.55. The molecule has 0 fully saturated rings. The van der Waals surface area contributed by atoms with Gasteiger partial charge in [0.25, 0.3) is 0 Å². The largest absolute Gasteiger partial charge is 0.321 e. The molecule has 2 N–H and O–H groups in total. The van der Waals surface area contributed by atoms with Crippen LogP contribution in [0, 0.1) is 0 Å². The number of aromatic nitrogens is 2. The fourth-order valence-corrected chi connectivity index (χ4v) is 0.912. The number of amides is 1. The Morgan fingerprint density at radius 2 is 2.64 bits per heavy atom. The van der Waals surface area contributed by atoms with Crippen molar-refractivity contribution in [3.63, 3.8) is 0 Å². The zero-order chi connectivity index (χ0) is 8.27. The number of alkyl halides is 1. The van der Waals surface area contributed by atoms with Gasteiger partial charge in [-0.15, -0.1) is 11.6 Å². The first-order valence-corrected chi connectivity index (χ1v) is 4.11. The van der Waals surface area contributed by atoms with Crippen molar-refractivity contribution in [2.24, 2.45) is 0 Å². The lowest BCUT2D eigenvalue weighted by Crippen LogP contribution is -2.12. The molecule has 6 heteroatoms. The molecule has 0 spiro atoms. The van der Waals surface area contributed by atoms with Crippen LogP contribution in [0.2, 0.25) is 0 Å². The van der Waals surface area contributed by atoms with Gasteiger partial charge in [0.1, 0.15) is 10.5 Å². The fourth-order valence-electron chi connectivity index (χ4n) is 0.541. The Bertz CT molecular complexity index is 262. The topological polar surface area (TPSA) is 57.8 Å². The number of rotatable bonds is 2. The van der Waals surface area contributed by atoms with E-state index in [0.29, 0.717) is 10.3 Å². The van der Waals surface area contributed by atoms with Gasteiger partial charge >= 0.3 is 0 Å². The minimum atomic E-state index is -0.256. The van der Waals surface area contributed by atoms with Crippen molar-refractivity contribution < 1.29 is 4.79 Å². The van der Waals surface area contributed by atoms with Gasteiger partial charge in [-0.1, -0.05) is 0 Å². The molecule has 11 heavy (non-hydrogen) atoms. The van der Waals surface area contributed by atoms with Gasteiger partial charge in [-0.3, -0.25) is 9.89 Å². The summed E-state index contributed by atoms with van der Waals surface area (Å²) >= 11 is 8.41. The molecule has 0 saturated heterocycles. The Hall–Kier alpha value is -0.550. The molecule has 0 bridgehead atoms. The van der Waals surface area contributed by atoms with E-state index in [9.17, 15) is 4.79 Å². The van der Waals surface area contributed by atoms with Crippen LogP contribution in [-0.2, 0) is 4.79 Å². The molecule has 0 unspecified atom stereocenters. The predicted molar refractivity (Wildman–Crippen MR) is 45.6 cm³/mol. The lowest BCUT2D eigenvalue weighted by molar-refractivity contribution is -0.113. The average Bonchev–Trinajstić information content (AvgIpc) is 2.37. The summed E-state index contributed by atoms with van der Waals surface area (Å²) in [4.78, 5) is 10.7. The van der Waals surface area contributed by atoms with Gasteiger partial charge in [-0.05, 0) is 15.9 Å². The normalized spacial score (nSPS) is 9.64. The zero-order valence-corrected chi connectivity index (χ0v) is 7.74. The number of hydrogen-bond acceptors (Lipinski definition) is 2. The van der Waals surface area contributed by atoms with Gasteiger partial charge in [-0.25, -0.2) is 0 Å². The van der Waals surface area contributed by atoms with Gasteiger partial charge in [0.05, 0.1) is 11.9 Å².